The molecule has 0 bridgehead atoms. The van der Waals surface area contributed by atoms with E-state index < -0.39 is 0 Å². The van der Waals surface area contributed by atoms with Crippen molar-refractivity contribution in [3.8, 4) is 0 Å². The standard InChI is InChI=1S/C22H29ClFN5O.HI/c1-2-25-22(26-10-7-16-4-6-21(23)27-14-16)28-15-17-3-5-20(19(24)13-17)29-11-8-18(30)9-12-29;/h3-6,13-14,18,30H,2,7-12,15H2,1H3,(H2,25,26,28);1H. The Hall–Kier alpha value is -1.65. The molecule has 2 aromatic rings. The number of hydrogen-bond acceptors (Lipinski definition) is 4. The summed E-state index contributed by atoms with van der Waals surface area (Å²) in [7, 11) is 0. The molecular formula is C22H30ClFIN5O. The van der Waals surface area contributed by atoms with Crippen molar-refractivity contribution in [1.29, 1.82) is 0 Å². The number of aliphatic hydroxyl groups is 1. The van der Waals surface area contributed by atoms with Crippen LogP contribution in [0.1, 0.15) is 30.9 Å². The number of nitrogens with one attached hydrogen (secondary N) is 2. The summed E-state index contributed by atoms with van der Waals surface area (Å²) in [6.45, 7) is 5.17. The molecule has 0 radical (unpaired) electrons. The lowest BCUT2D eigenvalue weighted by Gasteiger charge is -2.31. The molecule has 0 aliphatic carbocycles. The number of guanidine groups is 1. The number of aliphatic imine (C=N–C) groups is 1. The SMILES string of the molecule is CCNC(=NCc1ccc(N2CCC(O)CC2)c(F)c1)NCCc1ccc(Cl)nc1.I. The molecule has 9 heteroatoms. The Labute approximate surface area is 205 Å². The van der Waals surface area contributed by atoms with Crippen LogP contribution in [0.2, 0.25) is 5.15 Å². The summed E-state index contributed by atoms with van der Waals surface area (Å²) in [5.41, 5.74) is 2.49. The van der Waals surface area contributed by atoms with Gasteiger partial charge >= 0.3 is 0 Å². The smallest absolute Gasteiger partial charge is 0.191 e. The van der Waals surface area contributed by atoms with Crippen molar-refractivity contribution >= 4 is 47.2 Å². The molecule has 2 heterocycles. The molecule has 170 valence electrons. The summed E-state index contributed by atoms with van der Waals surface area (Å²) >= 11 is 5.81. The van der Waals surface area contributed by atoms with Gasteiger partial charge in [-0.25, -0.2) is 14.4 Å². The molecule has 1 aromatic heterocycles. The highest BCUT2D eigenvalue weighted by atomic mass is 127. The fourth-order valence-corrected chi connectivity index (χ4v) is 3.52. The lowest BCUT2D eigenvalue weighted by Crippen LogP contribution is -2.38. The number of hydrogen-bond donors (Lipinski definition) is 3. The minimum Gasteiger partial charge on any atom is -0.393 e. The summed E-state index contributed by atoms with van der Waals surface area (Å²) in [6.07, 6.45) is 3.64. The highest BCUT2D eigenvalue weighted by Gasteiger charge is 2.19. The van der Waals surface area contributed by atoms with Gasteiger partial charge in [0.25, 0.3) is 0 Å². The van der Waals surface area contributed by atoms with Crippen LogP contribution >= 0.6 is 35.6 Å². The van der Waals surface area contributed by atoms with E-state index >= 15 is 0 Å². The third kappa shape index (κ3) is 8.08. The lowest BCUT2D eigenvalue weighted by molar-refractivity contribution is 0.145. The second-order valence-electron chi connectivity index (χ2n) is 7.37. The molecule has 6 nitrogen and oxygen atoms in total. The van der Waals surface area contributed by atoms with Crippen LogP contribution in [0.5, 0.6) is 0 Å². The molecule has 1 aromatic carbocycles. The maximum atomic E-state index is 14.6. The number of anilines is 1. The highest BCUT2D eigenvalue weighted by Crippen LogP contribution is 2.24. The summed E-state index contributed by atoms with van der Waals surface area (Å²) in [6, 6.07) is 9.00. The van der Waals surface area contributed by atoms with E-state index in [-0.39, 0.29) is 35.9 Å². The van der Waals surface area contributed by atoms with Gasteiger partial charge in [-0.3, -0.25) is 0 Å². The summed E-state index contributed by atoms with van der Waals surface area (Å²) in [5, 5.41) is 16.6. The first-order valence-electron chi connectivity index (χ1n) is 10.4. The van der Waals surface area contributed by atoms with E-state index in [1.54, 1.807) is 18.3 Å². The number of aliphatic hydroxyl groups excluding tert-OH is 1. The Morgan fingerprint density at radius 1 is 1.23 bits per heavy atom. The van der Waals surface area contributed by atoms with Gasteiger partial charge in [-0.05, 0) is 55.5 Å². The van der Waals surface area contributed by atoms with Crippen LogP contribution in [0.25, 0.3) is 0 Å². The summed E-state index contributed by atoms with van der Waals surface area (Å²) in [4.78, 5) is 10.6. The van der Waals surface area contributed by atoms with Crippen LogP contribution in [0, 0.1) is 5.82 Å². The number of halogens is 3. The molecule has 0 amide bonds. The van der Waals surface area contributed by atoms with Crippen LogP contribution in [0.4, 0.5) is 10.1 Å². The van der Waals surface area contributed by atoms with Gasteiger partial charge in [-0.15, -0.1) is 24.0 Å². The van der Waals surface area contributed by atoms with Crippen LogP contribution < -0.4 is 15.5 Å². The van der Waals surface area contributed by atoms with Crippen LogP contribution in [-0.4, -0.2) is 48.3 Å². The van der Waals surface area contributed by atoms with Gasteiger partial charge in [0, 0.05) is 32.4 Å². The van der Waals surface area contributed by atoms with Crippen molar-refractivity contribution < 1.29 is 9.50 Å². The highest BCUT2D eigenvalue weighted by molar-refractivity contribution is 14.0. The minimum atomic E-state index is -0.272. The van der Waals surface area contributed by atoms with Crippen LogP contribution in [0.3, 0.4) is 0 Å². The maximum absolute atomic E-state index is 14.6. The molecule has 3 N–H and O–H groups in total. The molecule has 1 aliphatic heterocycles. The maximum Gasteiger partial charge on any atom is 0.191 e. The predicted octanol–water partition coefficient (Wildman–Crippen LogP) is 3.75. The molecule has 0 spiro atoms. The normalized spacial score (nSPS) is 14.8. The first-order valence-corrected chi connectivity index (χ1v) is 10.8. The molecule has 0 saturated carbocycles. The summed E-state index contributed by atoms with van der Waals surface area (Å²) < 4.78 is 14.6. The molecule has 3 rings (SSSR count). The fraction of sp³-hybridized carbons (Fsp3) is 0.455. The van der Waals surface area contributed by atoms with Gasteiger partial charge in [0.15, 0.2) is 5.96 Å². The van der Waals surface area contributed by atoms with E-state index in [9.17, 15) is 9.50 Å². The van der Waals surface area contributed by atoms with Gasteiger partial charge in [-0.2, -0.15) is 0 Å². The Morgan fingerprint density at radius 3 is 2.61 bits per heavy atom. The average Bonchev–Trinajstić information content (AvgIpc) is 2.74. The molecule has 0 atom stereocenters. The van der Waals surface area contributed by atoms with E-state index in [0.29, 0.717) is 55.8 Å². The van der Waals surface area contributed by atoms with E-state index in [1.807, 2.05) is 30.0 Å². The van der Waals surface area contributed by atoms with Crippen molar-refractivity contribution in [3.05, 3.63) is 58.6 Å². The molecule has 31 heavy (non-hydrogen) atoms. The number of pyridine rings is 1. The molecule has 1 fully saturated rings. The van der Waals surface area contributed by atoms with Crippen LogP contribution in [-0.2, 0) is 13.0 Å². The van der Waals surface area contributed by atoms with Crippen molar-refractivity contribution in [2.24, 2.45) is 4.99 Å². The zero-order valence-electron chi connectivity index (χ0n) is 17.7. The molecule has 1 saturated heterocycles. The number of piperidine rings is 1. The van der Waals surface area contributed by atoms with Gasteiger partial charge in [0.1, 0.15) is 11.0 Å². The third-order valence-electron chi connectivity index (χ3n) is 5.08. The number of rotatable bonds is 7. The van der Waals surface area contributed by atoms with E-state index in [4.69, 9.17) is 11.6 Å². The van der Waals surface area contributed by atoms with Gasteiger partial charge < -0.3 is 20.6 Å². The predicted molar refractivity (Wildman–Crippen MR) is 135 cm³/mol. The lowest BCUT2D eigenvalue weighted by atomic mass is 10.1. The van der Waals surface area contributed by atoms with Gasteiger partial charge in [0.2, 0.25) is 0 Å². The molecule has 1 aliphatic rings. The Bertz CT molecular complexity index is 844. The molecule has 0 unspecified atom stereocenters. The fourth-order valence-electron chi connectivity index (χ4n) is 3.40. The zero-order chi connectivity index (χ0) is 21.3. The monoisotopic (exact) mass is 561 g/mol. The van der Waals surface area contributed by atoms with E-state index in [1.165, 1.54) is 0 Å². The quantitative estimate of drug-likeness (QED) is 0.208. The van der Waals surface area contributed by atoms with Crippen molar-refractivity contribution in [1.82, 2.24) is 15.6 Å². The Balaban J connectivity index is 0.00000341. The average molecular weight is 562 g/mol. The van der Waals surface area contributed by atoms with E-state index in [2.05, 4.69) is 20.6 Å². The second-order valence-corrected chi connectivity index (χ2v) is 7.75. The first-order chi connectivity index (χ1) is 14.5. The second kappa shape index (κ2) is 13.0. The summed E-state index contributed by atoms with van der Waals surface area (Å²) in [5.74, 6) is 0.446. The van der Waals surface area contributed by atoms with Crippen molar-refractivity contribution in [2.75, 3.05) is 31.1 Å². The number of nitrogens with zero attached hydrogens (tertiary/aromatic N) is 3. The van der Waals surface area contributed by atoms with Crippen LogP contribution in [0.15, 0.2) is 41.5 Å². The largest absolute Gasteiger partial charge is 0.393 e. The van der Waals surface area contributed by atoms with Crippen molar-refractivity contribution in [3.63, 3.8) is 0 Å². The number of benzene rings is 1. The van der Waals surface area contributed by atoms with E-state index in [0.717, 1.165) is 24.1 Å². The Morgan fingerprint density at radius 2 is 1.97 bits per heavy atom. The van der Waals surface area contributed by atoms with Gasteiger partial charge in [0.05, 0.1) is 18.3 Å². The third-order valence-corrected chi connectivity index (χ3v) is 5.30. The minimum absolute atomic E-state index is 0. The number of aromatic nitrogens is 1. The first kappa shape index (κ1) is 25.6. The van der Waals surface area contributed by atoms with Crippen molar-refractivity contribution in [2.45, 2.75) is 38.8 Å². The topological polar surface area (TPSA) is 72.8 Å². The van der Waals surface area contributed by atoms with Gasteiger partial charge in [-0.1, -0.05) is 23.7 Å². The zero-order valence-corrected chi connectivity index (χ0v) is 20.7. The Kier molecular flexibility index (Phi) is 10.8. The molecular weight excluding hydrogens is 532 g/mol.